The number of furan rings is 1. The molecule has 0 spiro atoms. The minimum atomic E-state index is 0.160. The van der Waals surface area contributed by atoms with Crippen molar-refractivity contribution in [2.75, 3.05) is 0 Å². The van der Waals surface area contributed by atoms with Gasteiger partial charge < -0.3 is 9.52 Å². The molecule has 0 aliphatic heterocycles. The summed E-state index contributed by atoms with van der Waals surface area (Å²) in [6, 6.07) is 5.47. The maximum atomic E-state index is 9.41. The van der Waals surface area contributed by atoms with Gasteiger partial charge in [0.15, 0.2) is 11.3 Å². The average Bonchev–Trinajstić information content (AvgIpc) is 2.45. The first-order valence-electron chi connectivity index (χ1n) is 3.14. The summed E-state index contributed by atoms with van der Waals surface area (Å²) < 4.78 is 5.70. The van der Waals surface area contributed by atoms with Crippen LogP contribution in [0.3, 0.4) is 0 Å². The molecular formula is C8H5BrO2. The van der Waals surface area contributed by atoms with E-state index in [0.717, 1.165) is 5.39 Å². The second-order valence-electron chi connectivity index (χ2n) is 2.23. The summed E-state index contributed by atoms with van der Waals surface area (Å²) in [5.41, 5.74) is 0.527. The molecule has 1 heterocycles. The fraction of sp³-hybridized carbons (Fsp3) is 0. The van der Waals surface area contributed by atoms with E-state index in [0.29, 0.717) is 10.1 Å². The molecule has 0 saturated carbocycles. The topological polar surface area (TPSA) is 33.4 Å². The molecule has 0 fully saturated rings. The number of aromatic hydroxyl groups is 1. The van der Waals surface area contributed by atoms with Crippen molar-refractivity contribution in [2.24, 2.45) is 0 Å². The van der Waals surface area contributed by atoms with Crippen molar-refractivity contribution in [3.05, 3.63) is 28.9 Å². The number of halogens is 1. The van der Waals surface area contributed by atoms with E-state index < -0.39 is 0 Å². The molecule has 2 aromatic rings. The SMILES string of the molecule is Oc1c(Br)ccc2ccoc12. The summed E-state index contributed by atoms with van der Waals surface area (Å²) in [5.74, 6) is 0.160. The van der Waals surface area contributed by atoms with Gasteiger partial charge in [0.05, 0.1) is 10.7 Å². The molecule has 3 heteroatoms. The third-order valence-electron chi connectivity index (χ3n) is 1.55. The van der Waals surface area contributed by atoms with Crippen LogP contribution >= 0.6 is 15.9 Å². The normalized spacial score (nSPS) is 10.6. The van der Waals surface area contributed by atoms with Crippen LogP contribution in [0.2, 0.25) is 0 Å². The van der Waals surface area contributed by atoms with Gasteiger partial charge in [-0.1, -0.05) is 0 Å². The Hall–Kier alpha value is -0.960. The minimum absolute atomic E-state index is 0.160. The first kappa shape index (κ1) is 6.73. The van der Waals surface area contributed by atoms with Crippen molar-refractivity contribution in [1.29, 1.82) is 0 Å². The Morgan fingerprint density at radius 3 is 2.91 bits per heavy atom. The van der Waals surface area contributed by atoms with Crippen LogP contribution in [0.4, 0.5) is 0 Å². The van der Waals surface area contributed by atoms with Crippen LogP contribution in [0.1, 0.15) is 0 Å². The third-order valence-corrected chi connectivity index (χ3v) is 2.19. The maximum absolute atomic E-state index is 9.41. The molecule has 0 aliphatic carbocycles. The average molecular weight is 213 g/mol. The predicted molar refractivity (Wildman–Crippen MR) is 45.6 cm³/mol. The summed E-state index contributed by atoms with van der Waals surface area (Å²) in [7, 11) is 0. The molecule has 1 aromatic carbocycles. The molecule has 2 nitrogen and oxygen atoms in total. The molecule has 2 rings (SSSR count). The molecule has 0 saturated heterocycles. The molecule has 0 aliphatic rings. The monoisotopic (exact) mass is 212 g/mol. The zero-order chi connectivity index (χ0) is 7.84. The first-order chi connectivity index (χ1) is 5.29. The summed E-state index contributed by atoms with van der Waals surface area (Å²) in [5, 5.41) is 10.3. The molecule has 1 aromatic heterocycles. The standard InChI is InChI=1S/C8H5BrO2/c9-6-2-1-5-3-4-11-8(5)7(6)10/h1-4,10H. The van der Waals surface area contributed by atoms with Crippen molar-refractivity contribution >= 4 is 26.9 Å². The van der Waals surface area contributed by atoms with Gasteiger partial charge in [-0.3, -0.25) is 0 Å². The van der Waals surface area contributed by atoms with Gasteiger partial charge in [0.25, 0.3) is 0 Å². The Labute approximate surface area is 71.6 Å². The molecular weight excluding hydrogens is 208 g/mol. The van der Waals surface area contributed by atoms with Gasteiger partial charge in [-0.25, -0.2) is 0 Å². The highest BCUT2D eigenvalue weighted by Gasteiger charge is 2.05. The van der Waals surface area contributed by atoms with Gasteiger partial charge >= 0.3 is 0 Å². The Balaban J connectivity index is 2.93. The quantitative estimate of drug-likeness (QED) is 0.729. The van der Waals surface area contributed by atoms with Gasteiger partial charge in [-0.05, 0) is 34.1 Å². The van der Waals surface area contributed by atoms with Crippen molar-refractivity contribution in [2.45, 2.75) is 0 Å². The van der Waals surface area contributed by atoms with Crippen LogP contribution in [0, 0.1) is 0 Å². The number of phenolic OH excluding ortho intramolecular Hbond substituents is 1. The van der Waals surface area contributed by atoms with E-state index in [1.54, 1.807) is 12.3 Å². The van der Waals surface area contributed by atoms with Gasteiger partial charge in [0.2, 0.25) is 0 Å². The van der Waals surface area contributed by atoms with E-state index >= 15 is 0 Å². The predicted octanol–water partition coefficient (Wildman–Crippen LogP) is 2.90. The molecule has 0 atom stereocenters. The van der Waals surface area contributed by atoms with E-state index in [1.165, 1.54) is 0 Å². The smallest absolute Gasteiger partial charge is 0.176 e. The first-order valence-corrected chi connectivity index (χ1v) is 3.93. The molecule has 11 heavy (non-hydrogen) atoms. The van der Waals surface area contributed by atoms with Crippen molar-refractivity contribution in [3.8, 4) is 5.75 Å². The van der Waals surface area contributed by atoms with Gasteiger partial charge in [-0.15, -0.1) is 0 Å². The van der Waals surface area contributed by atoms with Crippen molar-refractivity contribution in [1.82, 2.24) is 0 Å². The van der Waals surface area contributed by atoms with Gasteiger partial charge in [0.1, 0.15) is 0 Å². The zero-order valence-electron chi connectivity index (χ0n) is 5.54. The lowest BCUT2D eigenvalue weighted by atomic mass is 10.2. The van der Waals surface area contributed by atoms with Crippen LogP contribution in [-0.2, 0) is 0 Å². The highest BCUT2D eigenvalue weighted by atomic mass is 79.9. The van der Waals surface area contributed by atoms with Crippen molar-refractivity contribution < 1.29 is 9.52 Å². The van der Waals surface area contributed by atoms with Crippen LogP contribution < -0.4 is 0 Å². The lowest BCUT2D eigenvalue weighted by Crippen LogP contribution is -1.68. The fourth-order valence-corrected chi connectivity index (χ4v) is 1.31. The Morgan fingerprint density at radius 2 is 2.09 bits per heavy atom. The van der Waals surface area contributed by atoms with Crippen LogP contribution in [0.25, 0.3) is 11.0 Å². The lowest BCUT2D eigenvalue weighted by molar-refractivity contribution is 0.462. The molecule has 0 radical (unpaired) electrons. The summed E-state index contributed by atoms with van der Waals surface area (Å²) in [6.07, 6.45) is 1.55. The Morgan fingerprint density at radius 1 is 1.27 bits per heavy atom. The molecule has 1 N–H and O–H groups in total. The molecule has 56 valence electrons. The third kappa shape index (κ3) is 0.922. The number of fused-ring (bicyclic) bond motifs is 1. The maximum Gasteiger partial charge on any atom is 0.176 e. The van der Waals surface area contributed by atoms with E-state index in [1.807, 2.05) is 12.1 Å². The van der Waals surface area contributed by atoms with E-state index in [9.17, 15) is 5.11 Å². The number of rotatable bonds is 0. The molecule has 0 unspecified atom stereocenters. The summed E-state index contributed by atoms with van der Waals surface area (Å²) in [6.45, 7) is 0. The lowest BCUT2D eigenvalue weighted by Gasteiger charge is -1.95. The van der Waals surface area contributed by atoms with E-state index in [-0.39, 0.29) is 5.75 Å². The highest BCUT2D eigenvalue weighted by Crippen LogP contribution is 2.32. The summed E-state index contributed by atoms with van der Waals surface area (Å²) >= 11 is 3.19. The highest BCUT2D eigenvalue weighted by molar-refractivity contribution is 9.10. The number of hydrogen-bond donors (Lipinski definition) is 1. The zero-order valence-corrected chi connectivity index (χ0v) is 7.13. The van der Waals surface area contributed by atoms with Crippen LogP contribution in [0.5, 0.6) is 5.75 Å². The largest absolute Gasteiger partial charge is 0.503 e. The fourth-order valence-electron chi connectivity index (χ4n) is 0.993. The number of hydrogen-bond acceptors (Lipinski definition) is 2. The second kappa shape index (κ2) is 2.27. The Bertz CT molecular complexity index is 392. The minimum Gasteiger partial charge on any atom is -0.503 e. The molecule has 0 bridgehead atoms. The Kier molecular flexibility index (Phi) is 1.39. The second-order valence-corrected chi connectivity index (χ2v) is 3.09. The van der Waals surface area contributed by atoms with Gasteiger partial charge in [0, 0.05) is 5.39 Å². The number of benzene rings is 1. The van der Waals surface area contributed by atoms with Crippen LogP contribution in [-0.4, -0.2) is 5.11 Å². The van der Waals surface area contributed by atoms with E-state index in [2.05, 4.69) is 15.9 Å². The number of phenols is 1. The van der Waals surface area contributed by atoms with Gasteiger partial charge in [-0.2, -0.15) is 0 Å². The van der Waals surface area contributed by atoms with Crippen LogP contribution in [0.15, 0.2) is 33.4 Å². The summed E-state index contributed by atoms with van der Waals surface area (Å²) in [4.78, 5) is 0. The van der Waals surface area contributed by atoms with E-state index in [4.69, 9.17) is 4.42 Å². The molecule has 0 amide bonds. The van der Waals surface area contributed by atoms with Crippen molar-refractivity contribution in [3.63, 3.8) is 0 Å².